The second kappa shape index (κ2) is 11.1. The molecule has 0 bridgehead atoms. The number of esters is 1. The molecule has 0 aromatic heterocycles. The number of rotatable bonds is 7. The molecule has 200 valence electrons. The third-order valence-corrected chi connectivity index (χ3v) is 6.54. The topological polar surface area (TPSA) is 88.1 Å². The van der Waals surface area contributed by atoms with Crippen molar-refractivity contribution < 1.29 is 37.3 Å². The summed E-state index contributed by atoms with van der Waals surface area (Å²) in [6.45, 7) is 0.673. The molecule has 1 saturated heterocycles. The lowest BCUT2D eigenvalue weighted by Crippen LogP contribution is -2.37. The number of nitrogens with zero attached hydrogens (tertiary/aromatic N) is 1. The molecule has 0 radical (unpaired) electrons. The summed E-state index contributed by atoms with van der Waals surface area (Å²) < 4.78 is 49.0. The van der Waals surface area contributed by atoms with Crippen LogP contribution in [-0.2, 0) is 22.3 Å². The van der Waals surface area contributed by atoms with E-state index in [2.05, 4.69) is 5.32 Å². The first-order valence-electron chi connectivity index (χ1n) is 11.9. The van der Waals surface area contributed by atoms with E-state index in [1.807, 2.05) is 4.90 Å². The summed E-state index contributed by atoms with van der Waals surface area (Å²) in [5, 5.41) is 13.1. The standard InChI is InChI=1S/C28H27F3N2O5/c1-37-25-12-7-17(13-24(25)34)15-33-16-20(14-23(33)27(36)38-2)32-26(35)22-6-4-3-5-21(22)18-8-10-19(11-9-18)28(29,30)31/h3-13,20,23,34H,14-16H2,1-2H3,(H,32,35)/t20-,23-/m0/s1. The number of ether oxygens (including phenoxy) is 2. The Kier molecular flexibility index (Phi) is 7.91. The highest BCUT2D eigenvalue weighted by molar-refractivity contribution is 6.01. The molecule has 3 aromatic carbocycles. The Morgan fingerprint density at radius 3 is 2.39 bits per heavy atom. The van der Waals surface area contributed by atoms with Gasteiger partial charge < -0.3 is 19.9 Å². The van der Waals surface area contributed by atoms with Gasteiger partial charge in [-0.1, -0.05) is 36.4 Å². The minimum Gasteiger partial charge on any atom is -0.504 e. The van der Waals surface area contributed by atoms with Gasteiger partial charge in [0.1, 0.15) is 6.04 Å². The second-order valence-electron chi connectivity index (χ2n) is 9.00. The molecule has 1 heterocycles. The van der Waals surface area contributed by atoms with Crippen LogP contribution in [0.2, 0.25) is 0 Å². The molecule has 10 heteroatoms. The van der Waals surface area contributed by atoms with Gasteiger partial charge in [0.2, 0.25) is 0 Å². The summed E-state index contributed by atoms with van der Waals surface area (Å²) >= 11 is 0. The van der Waals surface area contributed by atoms with Crippen molar-refractivity contribution in [3.8, 4) is 22.6 Å². The summed E-state index contributed by atoms with van der Waals surface area (Å²) in [6.07, 6.45) is -4.15. The average Bonchev–Trinajstić information content (AvgIpc) is 3.29. The molecule has 0 saturated carbocycles. The van der Waals surface area contributed by atoms with E-state index in [0.29, 0.717) is 42.0 Å². The molecule has 2 N–H and O–H groups in total. The average molecular weight is 529 g/mol. The van der Waals surface area contributed by atoms with Crippen molar-refractivity contribution in [1.29, 1.82) is 0 Å². The second-order valence-corrected chi connectivity index (χ2v) is 9.00. The van der Waals surface area contributed by atoms with E-state index in [9.17, 15) is 27.9 Å². The number of benzene rings is 3. The van der Waals surface area contributed by atoms with Crippen LogP contribution in [0.1, 0.15) is 27.9 Å². The lowest BCUT2D eigenvalue weighted by Gasteiger charge is -2.22. The molecule has 1 aliphatic rings. The van der Waals surface area contributed by atoms with Gasteiger partial charge in [-0.25, -0.2) is 0 Å². The van der Waals surface area contributed by atoms with Crippen LogP contribution in [0.25, 0.3) is 11.1 Å². The van der Waals surface area contributed by atoms with Gasteiger partial charge >= 0.3 is 12.1 Å². The Labute approximate surface area is 217 Å². The lowest BCUT2D eigenvalue weighted by atomic mass is 9.98. The number of likely N-dealkylation sites (tertiary alicyclic amines) is 1. The van der Waals surface area contributed by atoms with Crippen LogP contribution < -0.4 is 10.1 Å². The monoisotopic (exact) mass is 528 g/mol. The Balaban J connectivity index is 1.51. The summed E-state index contributed by atoms with van der Waals surface area (Å²) in [5.41, 5.74) is 1.25. The number of amides is 1. The van der Waals surface area contributed by atoms with Crippen molar-refractivity contribution in [2.45, 2.75) is 31.2 Å². The largest absolute Gasteiger partial charge is 0.504 e. The van der Waals surface area contributed by atoms with Gasteiger partial charge in [0, 0.05) is 24.7 Å². The Hall–Kier alpha value is -4.05. The van der Waals surface area contributed by atoms with E-state index in [0.717, 1.165) is 17.7 Å². The molecule has 1 aliphatic heterocycles. The first-order valence-corrected chi connectivity index (χ1v) is 11.9. The van der Waals surface area contributed by atoms with Crippen LogP contribution >= 0.6 is 0 Å². The predicted octanol–water partition coefficient (Wildman–Crippen LogP) is 4.63. The van der Waals surface area contributed by atoms with E-state index >= 15 is 0 Å². The number of nitrogens with one attached hydrogen (secondary N) is 1. The van der Waals surface area contributed by atoms with Crippen molar-refractivity contribution >= 4 is 11.9 Å². The number of hydrogen-bond acceptors (Lipinski definition) is 6. The van der Waals surface area contributed by atoms with Gasteiger partial charge in [-0.3, -0.25) is 14.5 Å². The van der Waals surface area contributed by atoms with Gasteiger partial charge in [-0.15, -0.1) is 0 Å². The first-order chi connectivity index (χ1) is 18.1. The molecule has 38 heavy (non-hydrogen) atoms. The van der Waals surface area contributed by atoms with Crippen LogP contribution in [0.4, 0.5) is 13.2 Å². The zero-order chi connectivity index (χ0) is 27.4. The van der Waals surface area contributed by atoms with Crippen molar-refractivity contribution in [1.82, 2.24) is 10.2 Å². The summed E-state index contributed by atoms with van der Waals surface area (Å²) in [6, 6.07) is 15.3. The van der Waals surface area contributed by atoms with E-state index in [1.165, 1.54) is 26.4 Å². The number of hydrogen-bond donors (Lipinski definition) is 2. The Morgan fingerprint density at radius 1 is 1.05 bits per heavy atom. The fraction of sp³-hybridized carbons (Fsp3) is 0.286. The zero-order valence-electron chi connectivity index (χ0n) is 20.8. The number of phenolic OH excluding ortho intramolecular Hbond substituents is 1. The lowest BCUT2D eigenvalue weighted by molar-refractivity contribution is -0.146. The van der Waals surface area contributed by atoms with E-state index < -0.39 is 29.7 Å². The summed E-state index contributed by atoms with van der Waals surface area (Å²) in [7, 11) is 2.75. The van der Waals surface area contributed by atoms with Gasteiger partial charge in [0.25, 0.3) is 5.91 Å². The van der Waals surface area contributed by atoms with Crippen molar-refractivity contribution in [2.24, 2.45) is 0 Å². The maximum absolute atomic E-state index is 13.3. The molecule has 4 rings (SSSR count). The van der Waals surface area contributed by atoms with E-state index in [1.54, 1.807) is 42.5 Å². The number of alkyl halides is 3. The van der Waals surface area contributed by atoms with Crippen LogP contribution in [0, 0.1) is 0 Å². The highest BCUT2D eigenvalue weighted by atomic mass is 19.4. The highest BCUT2D eigenvalue weighted by Crippen LogP contribution is 2.32. The van der Waals surface area contributed by atoms with E-state index in [-0.39, 0.29) is 11.8 Å². The maximum Gasteiger partial charge on any atom is 0.416 e. The molecule has 0 spiro atoms. The molecule has 0 unspecified atom stereocenters. The third kappa shape index (κ3) is 5.91. The normalized spacial score (nSPS) is 17.7. The maximum atomic E-state index is 13.3. The number of phenols is 1. The number of carbonyl (C=O) groups is 2. The minimum absolute atomic E-state index is 0.0245. The third-order valence-electron chi connectivity index (χ3n) is 6.54. The Bertz CT molecular complexity index is 1310. The summed E-state index contributed by atoms with van der Waals surface area (Å²) in [4.78, 5) is 27.6. The molecule has 0 aliphatic carbocycles. The first kappa shape index (κ1) is 27.0. The van der Waals surface area contributed by atoms with Gasteiger partial charge in [-0.2, -0.15) is 13.2 Å². The molecule has 1 amide bonds. The molecular weight excluding hydrogens is 501 g/mol. The van der Waals surface area contributed by atoms with Crippen LogP contribution in [0.5, 0.6) is 11.5 Å². The quantitative estimate of drug-likeness (QED) is 0.435. The minimum atomic E-state index is -4.45. The number of carbonyl (C=O) groups excluding carboxylic acids is 2. The fourth-order valence-electron chi connectivity index (χ4n) is 4.67. The van der Waals surface area contributed by atoms with Crippen molar-refractivity contribution in [3.63, 3.8) is 0 Å². The molecule has 1 fully saturated rings. The smallest absolute Gasteiger partial charge is 0.416 e. The van der Waals surface area contributed by atoms with Crippen LogP contribution in [0.15, 0.2) is 66.7 Å². The number of methoxy groups -OCH3 is 2. The molecular formula is C28H27F3N2O5. The van der Waals surface area contributed by atoms with Crippen molar-refractivity contribution in [3.05, 3.63) is 83.4 Å². The Morgan fingerprint density at radius 2 is 1.76 bits per heavy atom. The molecule has 3 aromatic rings. The predicted molar refractivity (Wildman–Crippen MR) is 134 cm³/mol. The summed E-state index contributed by atoms with van der Waals surface area (Å²) in [5.74, 6) is -0.539. The molecule has 7 nitrogen and oxygen atoms in total. The van der Waals surface area contributed by atoms with Crippen LogP contribution in [0.3, 0.4) is 0 Å². The van der Waals surface area contributed by atoms with Crippen LogP contribution in [-0.4, -0.2) is 54.7 Å². The van der Waals surface area contributed by atoms with Crippen molar-refractivity contribution in [2.75, 3.05) is 20.8 Å². The SMILES string of the molecule is COC(=O)[C@@H]1C[C@H](NC(=O)c2ccccc2-c2ccc(C(F)(F)F)cc2)CN1Cc1ccc(OC)c(O)c1. The number of aromatic hydroxyl groups is 1. The van der Waals surface area contributed by atoms with E-state index in [4.69, 9.17) is 9.47 Å². The number of halogens is 3. The van der Waals surface area contributed by atoms with Gasteiger partial charge in [-0.05, 0) is 53.4 Å². The molecule has 2 atom stereocenters. The fourth-order valence-corrected chi connectivity index (χ4v) is 4.67. The van der Waals surface area contributed by atoms with Gasteiger partial charge in [0.05, 0.1) is 19.8 Å². The van der Waals surface area contributed by atoms with Gasteiger partial charge in [0.15, 0.2) is 11.5 Å². The highest BCUT2D eigenvalue weighted by Gasteiger charge is 2.38. The zero-order valence-corrected chi connectivity index (χ0v) is 20.8.